The van der Waals surface area contributed by atoms with E-state index in [1.54, 1.807) is 0 Å². The van der Waals surface area contributed by atoms with Gasteiger partial charge in [0.1, 0.15) is 11.7 Å². The molecule has 4 atom stereocenters. The van der Waals surface area contributed by atoms with Crippen LogP contribution in [0.5, 0.6) is 23.0 Å². The van der Waals surface area contributed by atoms with E-state index in [0.717, 1.165) is 12.2 Å². The van der Waals surface area contributed by atoms with Crippen molar-refractivity contribution in [3.8, 4) is 23.0 Å². The Morgan fingerprint density at radius 3 is 1.78 bits per heavy atom. The van der Waals surface area contributed by atoms with Crippen LogP contribution in [-0.2, 0) is 23.9 Å². The monoisotopic (exact) mass is 500 g/mol. The number of carbonyl (C=O) groups excluding carboxylic acids is 3. The molecule has 2 aromatic rings. The van der Waals surface area contributed by atoms with Gasteiger partial charge in [-0.1, -0.05) is 12.1 Å². The van der Waals surface area contributed by atoms with Crippen LogP contribution in [0.1, 0.15) is 24.0 Å². The molecule has 1 fully saturated rings. The average molecular weight is 500 g/mol. The first-order valence-electron chi connectivity index (χ1n) is 10.7. The zero-order valence-electron chi connectivity index (χ0n) is 18.7. The molecule has 0 aromatic heterocycles. The third kappa shape index (κ3) is 6.62. The first kappa shape index (κ1) is 26.3. The fraction of sp³-hybridized carbons (Fsp3) is 0.240. The van der Waals surface area contributed by atoms with Gasteiger partial charge in [-0.25, -0.2) is 9.59 Å². The number of carbonyl (C=O) groups is 3. The minimum absolute atomic E-state index is 0.210. The van der Waals surface area contributed by atoms with Crippen molar-refractivity contribution in [3.63, 3.8) is 0 Å². The summed E-state index contributed by atoms with van der Waals surface area (Å²) in [5, 5.41) is 58.6. The molecule has 0 spiro atoms. The van der Waals surface area contributed by atoms with E-state index in [2.05, 4.69) is 0 Å². The lowest BCUT2D eigenvalue weighted by molar-refractivity contribution is -0.194. The standard InChI is InChI=1S/C25H24O11/c26-13-25(34)11-20(31)24(36-23(33)8-4-15-2-6-17(28)19(30)10-15)21(12-25)35-22(32)7-3-14-1-5-16(27)18(29)9-14/h1-10,13,20-21,24,27-31,34H,11-12H2/b7-3+,8-4+. The maximum absolute atomic E-state index is 12.4. The molecular formula is C25H24O11. The zero-order chi connectivity index (χ0) is 26.5. The second-order valence-corrected chi connectivity index (χ2v) is 8.24. The Morgan fingerprint density at radius 1 is 0.806 bits per heavy atom. The fourth-order valence-electron chi connectivity index (χ4n) is 3.61. The number of hydrogen-bond donors (Lipinski definition) is 6. The largest absolute Gasteiger partial charge is 0.504 e. The molecule has 6 N–H and O–H groups in total. The van der Waals surface area contributed by atoms with Crippen molar-refractivity contribution in [3.05, 3.63) is 59.7 Å². The molecular weight excluding hydrogens is 476 g/mol. The molecule has 1 saturated carbocycles. The van der Waals surface area contributed by atoms with E-state index in [-0.39, 0.29) is 17.8 Å². The van der Waals surface area contributed by atoms with Crippen LogP contribution in [0, 0.1) is 0 Å². The number of hydrogen-bond acceptors (Lipinski definition) is 11. The Kier molecular flexibility index (Phi) is 7.97. The number of phenolic OH excluding ortho intramolecular Hbond substituents is 4. The van der Waals surface area contributed by atoms with Gasteiger partial charge in [-0.3, -0.25) is 0 Å². The van der Waals surface area contributed by atoms with E-state index < -0.39 is 60.2 Å². The van der Waals surface area contributed by atoms with Gasteiger partial charge in [-0.05, 0) is 47.5 Å². The number of benzene rings is 2. The second-order valence-electron chi connectivity index (χ2n) is 8.24. The van der Waals surface area contributed by atoms with Crippen LogP contribution in [0.25, 0.3) is 12.2 Å². The predicted molar refractivity (Wildman–Crippen MR) is 124 cm³/mol. The van der Waals surface area contributed by atoms with Crippen LogP contribution in [0.3, 0.4) is 0 Å². The molecule has 1 aliphatic carbocycles. The van der Waals surface area contributed by atoms with Gasteiger partial charge in [0.2, 0.25) is 0 Å². The quantitative estimate of drug-likeness (QED) is 0.138. The number of ether oxygens (including phenoxy) is 2. The molecule has 4 unspecified atom stereocenters. The smallest absolute Gasteiger partial charge is 0.331 e. The maximum Gasteiger partial charge on any atom is 0.331 e. The number of aromatic hydroxyl groups is 4. The molecule has 0 bridgehead atoms. The van der Waals surface area contributed by atoms with E-state index >= 15 is 0 Å². The maximum atomic E-state index is 12.4. The van der Waals surface area contributed by atoms with Gasteiger partial charge in [0.15, 0.2) is 35.4 Å². The van der Waals surface area contributed by atoms with E-state index in [0.29, 0.717) is 11.1 Å². The summed E-state index contributed by atoms with van der Waals surface area (Å²) in [7, 11) is 0. The van der Waals surface area contributed by atoms with Gasteiger partial charge in [-0.15, -0.1) is 0 Å². The van der Waals surface area contributed by atoms with Crippen molar-refractivity contribution in [2.24, 2.45) is 0 Å². The molecule has 190 valence electrons. The molecule has 1 aliphatic rings. The number of aliphatic hydroxyl groups excluding tert-OH is 1. The Morgan fingerprint density at radius 2 is 1.31 bits per heavy atom. The summed E-state index contributed by atoms with van der Waals surface area (Å²) in [5.74, 6) is -3.39. The van der Waals surface area contributed by atoms with Crippen LogP contribution in [0.15, 0.2) is 48.6 Å². The van der Waals surface area contributed by atoms with Crippen LogP contribution in [0.4, 0.5) is 0 Å². The van der Waals surface area contributed by atoms with Crippen molar-refractivity contribution in [2.45, 2.75) is 36.8 Å². The van der Waals surface area contributed by atoms with Gasteiger partial charge >= 0.3 is 11.9 Å². The third-order valence-corrected chi connectivity index (χ3v) is 5.42. The molecule has 11 heteroatoms. The Hall–Kier alpha value is -4.35. The van der Waals surface area contributed by atoms with Crippen LogP contribution < -0.4 is 0 Å². The Labute approximate surface area is 204 Å². The van der Waals surface area contributed by atoms with E-state index in [1.165, 1.54) is 48.6 Å². The molecule has 3 rings (SSSR count). The first-order chi connectivity index (χ1) is 17.0. The number of aliphatic hydroxyl groups is 2. The van der Waals surface area contributed by atoms with Gasteiger partial charge in [-0.2, -0.15) is 0 Å². The van der Waals surface area contributed by atoms with Crippen molar-refractivity contribution >= 4 is 30.4 Å². The van der Waals surface area contributed by atoms with Crippen molar-refractivity contribution in [2.75, 3.05) is 0 Å². The fourth-order valence-corrected chi connectivity index (χ4v) is 3.61. The summed E-state index contributed by atoms with van der Waals surface area (Å²) in [6.07, 6.45) is -0.533. The molecule has 0 saturated heterocycles. The summed E-state index contributed by atoms with van der Waals surface area (Å²) in [6.45, 7) is 0. The van der Waals surface area contributed by atoms with Crippen molar-refractivity contribution < 1.29 is 54.5 Å². The topological polar surface area (TPSA) is 191 Å². The summed E-state index contributed by atoms with van der Waals surface area (Å²) in [6, 6.07) is 7.66. The third-order valence-electron chi connectivity index (χ3n) is 5.42. The van der Waals surface area contributed by atoms with Gasteiger partial charge < -0.3 is 44.9 Å². The highest BCUT2D eigenvalue weighted by Crippen LogP contribution is 2.32. The highest BCUT2D eigenvalue weighted by molar-refractivity contribution is 5.88. The van der Waals surface area contributed by atoms with Gasteiger partial charge in [0, 0.05) is 25.0 Å². The van der Waals surface area contributed by atoms with Crippen molar-refractivity contribution in [1.29, 1.82) is 0 Å². The van der Waals surface area contributed by atoms with E-state index in [1.807, 2.05) is 0 Å². The van der Waals surface area contributed by atoms with E-state index in [4.69, 9.17) is 9.47 Å². The van der Waals surface area contributed by atoms with Gasteiger partial charge in [0.05, 0.1) is 6.10 Å². The SMILES string of the molecule is O=CC1(O)CC(O)C(OC(=O)/C=C/c2ccc(O)c(O)c2)C(OC(=O)/C=C/c2ccc(O)c(O)c2)C1. The Bertz CT molecular complexity index is 1200. The first-order valence-corrected chi connectivity index (χ1v) is 10.7. The second kappa shape index (κ2) is 10.9. The molecule has 2 aromatic carbocycles. The lowest BCUT2D eigenvalue weighted by atomic mass is 9.80. The Balaban J connectivity index is 1.72. The van der Waals surface area contributed by atoms with Crippen LogP contribution >= 0.6 is 0 Å². The highest BCUT2D eigenvalue weighted by Gasteiger charge is 2.48. The number of phenols is 4. The number of aldehydes is 1. The average Bonchev–Trinajstić information content (AvgIpc) is 2.83. The van der Waals surface area contributed by atoms with Crippen LogP contribution in [-0.4, -0.2) is 72.8 Å². The normalized spacial score (nSPS) is 24.0. The summed E-state index contributed by atoms with van der Waals surface area (Å²) >= 11 is 0. The van der Waals surface area contributed by atoms with Crippen LogP contribution in [0.2, 0.25) is 0 Å². The molecule has 0 heterocycles. The number of rotatable bonds is 7. The zero-order valence-corrected chi connectivity index (χ0v) is 18.7. The highest BCUT2D eigenvalue weighted by atomic mass is 16.6. The lowest BCUT2D eigenvalue weighted by Crippen LogP contribution is -2.56. The minimum atomic E-state index is -2.01. The van der Waals surface area contributed by atoms with Crippen molar-refractivity contribution in [1.82, 2.24) is 0 Å². The summed E-state index contributed by atoms with van der Waals surface area (Å²) in [4.78, 5) is 36.1. The molecule has 36 heavy (non-hydrogen) atoms. The van der Waals surface area contributed by atoms with E-state index in [9.17, 15) is 45.0 Å². The summed E-state index contributed by atoms with van der Waals surface area (Å²) in [5.41, 5.74) is -1.31. The minimum Gasteiger partial charge on any atom is -0.504 e. The number of esters is 2. The molecule has 0 aliphatic heterocycles. The summed E-state index contributed by atoms with van der Waals surface area (Å²) < 4.78 is 10.5. The van der Waals surface area contributed by atoms with Gasteiger partial charge in [0.25, 0.3) is 0 Å². The predicted octanol–water partition coefficient (Wildman–Crippen LogP) is 1.14. The molecule has 0 amide bonds. The molecule has 11 nitrogen and oxygen atoms in total. The lowest BCUT2D eigenvalue weighted by Gasteiger charge is -2.40. The molecule has 0 radical (unpaired) electrons.